The van der Waals surface area contributed by atoms with Gasteiger partial charge in [0, 0.05) is 27.8 Å². The second-order valence-electron chi connectivity index (χ2n) is 5.99. The van der Waals surface area contributed by atoms with Gasteiger partial charge in [-0.1, -0.05) is 45.9 Å². The number of nitrogens with two attached hydrogens (primary N) is 1. The predicted molar refractivity (Wildman–Crippen MR) is 118 cm³/mol. The minimum atomic E-state index is -0.489. The summed E-state index contributed by atoms with van der Waals surface area (Å²) in [7, 11) is 0. The van der Waals surface area contributed by atoms with Gasteiger partial charge in [0.2, 0.25) is 11.8 Å². The molecule has 0 spiro atoms. The number of hydrogen-bond donors (Lipinski definition) is 2. The van der Waals surface area contributed by atoms with E-state index in [9.17, 15) is 9.59 Å². The molecule has 29 heavy (non-hydrogen) atoms. The summed E-state index contributed by atoms with van der Waals surface area (Å²) in [6.45, 7) is 4.26. The van der Waals surface area contributed by atoms with Gasteiger partial charge in [-0.2, -0.15) is 0 Å². The summed E-state index contributed by atoms with van der Waals surface area (Å²) in [5.41, 5.74) is 7.22. The van der Waals surface area contributed by atoms with E-state index in [-0.39, 0.29) is 11.7 Å². The number of primary amides is 1. The summed E-state index contributed by atoms with van der Waals surface area (Å²) < 4.78 is 2.81. The number of carbonyl (C=O) groups is 2. The molecule has 0 aliphatic heterocycles. The minimum absolute atomic E-state index is 0.141. The van der Waals surface area contributed by atoms with Gasteiger partial charge in [0.15, 0.2) is 11.0 Å². The molecule has 0 fully saturated rings. The van der Waals surface area contributed by atoms with E-state index in [1.54, 1.807) is 30.3 Å². The fraction of sp³-hybridized carbons (Fsp3) is 0.100. The van der Waals surface area contributed by atoms with Gasteiger partial charge in [0.05, 0.1) is 5.75 Å². The van der Waals surface area contributed by atoms with Gasteiger partial charge in [-0.15, -0.1) is 16.8 Å². The summed E-state index contributed by atoms with van der Waals surface area (Å²) >= 11 is 4.65. The van der Waals surface area contributed by atoms with Gasteiger partial charge < -0.3 is 11.1 Å². The Morgan fingerprint density at radius 3 is 2.45 bits per heavy atom. The molecule has 1 aromatic heterocycles. The van der Waals surface area contributed by atoms with Crippen molar-refractivity contribution in [3.05, 3.63) is 71.2 Å². The zero-order valence-electron chi connectivity index (χ0n) is 15.3. The highest BCUT2D eigenvalue weighted by Crippen LogP contribution is 2.25. The van der Waals surface area contributed by atoms with Crippen molar-refractivity contribution in [1.82, 2.24) is 14.8 Å². The van der Waals surface area contributed by atoms with Crippen LogP contribution in [0.5, 0.6) is 0 Å². The molecule has 2 amide bonds. The fourth-order valence-corrected chi connectivity index (χ4v) is 3.56. The highest BCUT2D eigenvalue weighted by Gasteiger charge is 2.15. The van der Waals surface area contributed by atoms with Crippen LogP contribution < -0.4 is 11.1 Å². The van der Waals surface area contributed by atoms with Gasteiger partial charge in [-0.05, 0) is 36.4 Å². The van der Waals surface area contributed by atoms with E-state index < -0.39 is 5.91 Å². The number of thioether (sulfide) groups is 1. The van der Waals surface area contributed by atoms with Crippen LogP contribution in [0.1, 0.15) is 10.4 Å². The highest BCUT2D eigenvalue weighted by molar-refractivity contribution is 9.10. The largest absolute Gasteiger partial charge is 0.366 e. The first kappa shape index (κ1) is 20.8. The summed E-state index contributed by atoms with van der Waals surface area (Å²) in [5, 5.41) is 11.9. The second-order valence-corrected chi connectivity index (χ2v) is 7.85. The fourth-order valence-electron chi connectivity index (χ4n) is 2.55. The monoisotopic (exact) mass is 471 g/mol. The first-order chi connectivity index (χ1) is 14.0. The van der Waals surface area contributed by atoms with Gasteiger partial charge >= 0.3 is 0 Å². The summed E-state index contributed by atoms with van der Waals surface area (Å²) in [5.74, 6) is 0.179. The van der Waals surface area contributed by atoms with Crippen molar-refractivity contribution in [3.8, 4) is 11.4 Å². The van der Waals surface area contributed by atoms with Crippen molar-refractivity contribution in [2.75, 3.05) is 11.1 Å². The molecule has 0 bridgehead atoms. The van der Waals surface area contributed by atoms with Crippen LogP contribution in [0, 0.1) is 0 Å². The molecule has 0 aliphatic carbocycles. The third-order valence-corrected chi connectivity index (χ3v) is 5.41. The molecular weight excluding hydrogens is 454 g/mol. The van der Waals surface area contributed by atoms with E-state index in [0.29, 0.717) is 23.1 Å². The van der Waals surface area contributed by atoms with Crippen molar-refractivity contribution in [1.29, 1.82) is 0 Å². The topological polar surface area (TPSA) is 103 Å². The molecule has 0 saturated carbocycles. The second kappa shape index (κ2) is 9.53. The van der Waals surface area contributed by atoms with Gasteiger partial charge in [0.1, 0.15) is 0 Å². The number of anilines is 1. The van der Waals surface area contributed by atoms with E-state index in [4.69, 9.17) is 5.73 Å². The maximum Gasteiger partial charge on any atom is 0.248 e. The molecule has 0 radical (unpaired) electrons. The SMILES string of the molecule is C=CCn1c(SCC(=O)Nc2ccc(Br)cc2)nnc1-c1ccc(C(N)=O)cc1. The van der Waals surface area contributed by atoms with Crippen LogP contribution in [0.4, 0.5) is 5.69 Å². The number of rotatable bonds is 8. The number of halogens is 1. The molecule has 0 aliphatic rings. The molecule has 3 rings (SSSR count). The maximum atomic E-state index is 12.3. The molecule has 3 aromatic rings. The zero-order valence-corrected chi connectivity index (χ0v) is 17.7. The Kier molecular flexibility index (Phi) is 6.84. The van der Waals surface area contributed by atoms with E-state index in [1.807, 2.05) is 28.8 Å². The Hall–Kier alpha value is -2.91. The highest BCUT2D eigenvalue weighted by atomic mass is 79.9. The zero-order chi connectivity index (χ0) is 20.8. The molecule has 0 atom stereocenters. The lowest BCUT2D eigenvalue weighted by atomic mass is 10.1. The number of aromatic nitrogens is 3. The molecule has 2 aromatic carbocycles. The minimum Gasteiger partial charge on any atom is -0.366 e. The average Bonchev–Trinajstić information content (AvgIpc) is 3.11. The smallest absolute Gasteiger partial charge is 0.248 e. The van der Waals surface area contributed by atoms with E-state index in [1.165, 1.54) is 11.8 Å². The van der Waals surface area contributed by atoms with Gasteiger partial charge in [-0.25, -0.2) is 0 Å². The molecule has 0 saturated heterocycles. The maximum absolute atomic E-state index is 12.3. The number of amides is 2. The van der Waals surface area contributed by atoms with Crippen LogP contribution in [0.15, 0.2) is 70.8 Å². The van der Waals surface area contributed by atoms with Crippen LogP contribution in [0.2, 0.25) is 0 Å². The quantitative estimate of drug-likeness (QED) is 0.384. The summed E-state index contributed by atoms with van der Waals surface area (Å²) in [6.07, 6.45) is 1.73. The molecule has 7 nitrogen and oxygen atoms in total. The van der Waals surface area contributed by atoms with Crippen molar-refractivity contribution >= 4 is 45.2 Å². The Balaban J connectivity index is 1.72. The molecule has 148 valence electrons. The van der Waals surface area contributed by atoms with Crippen molar-refractivity contribution in [3.63, 3.8) is 0 Å². The molecule has 3 N–H and O–H groups in total. The summed E-state index contributed by atoms with van der Waals surface area (Å²) in [4.78, 5) is 23.5. The first-order valence-corrected chi connectivity index (χ1v) is 10.4. The predicted octanol–water partition coefficient (Wildman–Crippen LogP) is 3.72. The third-order valence-electron chi connectivity index (χ3n) is 3.92. The lowest BCUT2D eigenvalue weighted by Gasteiger charge is -2.08. The summed E-state index contributed by atoms with van der Waals surface area (Å²) in [6, 6.07) is 14.2. The Morgan fingerprint density at radius 2 is 1.83 bits per heavy atom. The number of allylic oxidation sites excluding steroid dienone is 1. The number of benzene rings is 2. The van der Waals surface area contributed by atoms with Crippen LogP contribution in [0.3, 0.4) is 0 Å². The normalized spacial score (nSPS) is 10.5. The first-order valence-electron chi connectivity index (χ1n) is 8.60. The Bertz CT molecular complexity index is 1030. The number of nitrogens with one attached hydrogen (secondary N) is 1. The standard InChI is InChI=1S/C20H18BrN5O2S/c1-2-11-26-19(14-5-3-13(4-6-14)18(22)28)24-25-20(26)29-12-17(27)23-16-9-7-15(21)8-10-16/h2-10H,1,11-12H2,(H2,22,28)(H,23,27). The Labute approximate surface area is 180 Å². The third kappa shape index (κ3) is 5.33. The Morgan fingerprint density at radius 1 is 1.14 bits per heavy atom. The average molecular weight is 472 g/mol. The molecule has 1 heterocycles. The number of nitrogens with zero attached hydrogens (tertiary/aromatic N) is 3. The molecular formula is C20H18BrN5O2S. The van der Waals surface area contributed by atoms with E-state index in [0.717, 1.165) is 15.7 Å². The van der Waals surface area contributed by atoms with Crippen LogP contribution in [-0.2, 0) is 11.3 Å². The molecule has 0 unspecified atom stereocenters. The van der Waals surface area contributed by atoms with Crippen molar-refractivity contribution in [2.45, 2.75) is 11.7 Å². The molecule has 9 heteroatoms. The van der Waals surface area contributed by atoms with Crippen molar-refractivity contribution < 1.29 is 9.59 Å². The van der Waals surface area contributed by atoms with Crippen LogP contribution in [-0.4, -0.2) is 32.3 Å². The van der Waals surface area contributed by atoms with Gasteiger partial charge in [0.25, 0.3) is 0 Å². The lowest BCUT2D eigenvalue weighted by molar-refractivity contribution is -0.113. The van der Waals surface area contributed by atoms with Crippen LogP contribution >= 0.6 is 27.7 Å². The lowest BCUT2D eigenvalue weighted by Crippen LogP contribution is -2.14. The number of carbonyl (C=O) groups excluding carboxylic acids is 2. The van der Waals surface area contributed by atoms with Crippen LogP contribution in [0.25, 0.3) is 11.4 Å². The number of hydrogen-bond acceptors (Lipinski definition) is 5. The van der Waals surface area contributed by atoms with E-state index >= 15 is 0 Å². The van der Waals surface area contributed by atoms with Crippen molar-refractivity contribution in [2.24, 2.45) is 5.73 Å². The van der Waals surface area contributed by atoms with E-state index in [2.05, 4.69) is 38.0 Å². The van der Waals surface area contributed by atoms with Gasteiger partial charge in [-0.3, -0.25) is 14.2 Å².